The van der Waals surface area contributed by atoms with Gasteiger partial charge in [0.1, 0.15) is 0 Å². The molecule has 126 valence electrons. The maximum atomic E-state index is 5.25. The minimum absolute atomic E-state index is 0.711. The summed E-state index contributed by atoms with van der Waals surface area (Å²) in [6.45, 7) is 4.13. The van der Waals surface area contributed by atoms with E-state index < -0.39 is 0 Å². The van der Waals surface area contributed by atoms with Crippen molar-refractivity contribution in [3.63, 3.8) is 0 Å². The van der Waals surface area contributed by atoms with Crippen molar-refractivity contribution >= 4 is 16.6 Å². The summed E-state index contributed by atoms with van der Waals surface area (Å²) in [5, 5.41) is 4.15. The second-order valence-electron chi connectivity index (χ2n) is 5.47. The van der Waals surface area contributed by atoms with E-state index in [0.717, 1.165) is 16.7 Å². The molecule has 4 heteroatoms. The van der Waals surface area contributed by atoms with Crippen molar-refractivity contribution in [3.8, 4) is 11.5 Å². The van der Waals surface area contributed by atoms with E-state index in [1.807, 2.05) is 25.2 Å². The number of nitrogens with zero attached hydrogens (tertiary/aromatic N) is 1. The molecular weight excluding hydrogens is 300 g/mol. The first-order valence-corrected chi connectivity index (χ1v) is 7.80. The topological polar surface area (TPSA) is 43.4 Å². The molecule has 3 aromatic rings. The Bertz CT molecular complexity index is 799. The Morgan fingerprint density at radius 3 is 2.08 bits per heavy atom. The van der Waals surface area contributed by atoms with Crippen molar-refractivity contribution < 1.29 is 9.47 Å². The summed E-state index contributed by atoms with van der Waals surface area (Å²) in [6, 6.07) is 14.1. The van der Waals surface area contributed by atoms with Gasteiger partial charge in [-0.3, -0.25) is 4.98 Å². The average molecular weight is 324 g/mol. The van der Waals surface area contributed by atoms with E-state index in [1.165, 1.54) is 16.8 Å². The summed E-state index contributed by atoms with van der Waals surface area (Å²) in [5.41, 5.74) is 4.57. The number of aryl methyl sites for hydroxylation is 2. The summed E-state index contributed by atoms with van der Waals surface area (Å²) in [5.74, 6) is 1.45. The largest absolute Gasteiger partial charge is 0.493 e. The molecule has 1 heterocycles. The SMILES string of the molecule is CNc1ccc(C)cc1.COc1cc2nccc(C)c2cc1OC. The highest BCUT2D eigenvalue weighted by Gasteiger charge is 2.07. The van der Waals surface area contributed by atoms with Crippen LogP contribution in [0, 0.1) is 13.8 Å². The van der Waals surface area contributed by atoms with Crippen molar-refractivity contribution in [1.82, 2.24) is 4.98 Å². The molecule has 4 nitrogen and oxygen atoms in total. The zero-order chi connectivity index (χ0) is 17.5. The lowest BCUT2D eigenvalue weighted by molar-refractivity contribution is 0.356. The number of pyridine rings is 1. The third kappa shape index (κ3) is 4.16. The van der Waals surface area contributed by atoms with Crippen LogP contribution in [0.1, 0.15) is 11.1 Å². The smallest absolute Gasteiger partial charge is 0.162 e. The minimum Gasteiger partial charge on any atom is -0.493 e. The lowest BCUT2D eigenvalue weighted by Gasteiger charge is -2.09. The van der Waals surface area contributed by atoms with Gasteiger partial charge in [0, 0.05) is 30.4 Å². The maximum Gasteiger partial charge on any atom is 0.162 e. The quantitative estimate of drug-likeness (QED) is 0.765. The fourth-order valence-corrected chi connectivity index (χ4v) is 2.33. The van der Waals surface area contributed by atoms with Gasteiger partial charge in [-0.1, -0.05) is 17.7 Å². The first-order valence-electron chi connectivity index (χ1n) is 7.80. The van der Waals surface area contributed by atoms with Crippen LogP contribution in [0.5, 0.6) is 11.5 Å². The van der Waals surface area contributed by atoms with E-state index in [-0.39, 0.29) is 0 Å². The summed E-state index contributed by atoms with van der Waals surface area (Å²) in [7, 11) is 5.18. The van der Waals surface area contributed by atoms with E-state index >= 15 is 0 Å². The van der Waals surface area contributed by atoms with Gasteiger partial charge >= 0.3 is 0 Å². The molecule has 24 heavy (non-hydrogen) atoms. The van der Waals surface area contributed by atoms with Gasteiger partial charge in [0.25, 0.3) is 0 Å². The third-order valence-electron chi connectivity index (χ3n) is 3.81. The normalized spacial score (nSPS) is 9.88. The molecule has 2 aromatic carbocycles. The molecule has 0 saturated heterocycles. The Kier molecular flexibility index (Phi) is 6.01. The average Bonchev–Trinajstić information content (AvgIpc) is 2.62. The number of aromatic nitrogens is 1. The fourth-order valence-electron chi connectivity index (χ4n) is 2.33. The Morgan fingerprint density at radius 2 is 1.50 bits per heavy atom. The van der Waals surface area contributed by atoms with E-state index in [1.54, 1.807) is 20.4 Å². The molecule has 1 N–H and O–H groups in total. The molecule has 0 spiro atoms. The molecule has 0 aliphatic rings. The molecule has 0 fully saturated rings. The van der Waals surface area contributed by atoms with Crippen LogP contribution in [0.2, 0.25) is 0 Å². The predicted molar refractivity (Wildman–Crippen MR) is 100 cm³/mol. The van der Waals surface area contributed by atoms with Gasteiger partial charge in [-0.15, -0.1) is 0 Å². The molecule has 0 bridgehead atoms. The van der Waals surface area contributed by atoms with Crippen molar-refractivity contribution in [2.75, 3.05) is 26.6 Å². The number of hydrogen-bond donors (Lipinski definition) is 1. The van der Waals surface area contributed by atoms with Crippen LogP contribution in [-0.2, 0) is 0 Å². The van der Waals surface area contributed by atoms with Crippen LogP contribution in [0.15, 0.2) is 48.7 Å². The maximum absolute atomic E-state index is 5.25. The third-order valence-corrected chi connectivity index (χ3v) is 3.81. The van der Waals surface area contributed by atoms with E-state index in [4.69, 9.17) is 9.47 Å². The van der Waals surface area contributed by atoms with Crippen LogP contribution in [0.3, 0.4) is 0 Å². The highest BCUT2D eigenvalue weighted by molar-refractivity contribution is 5.85. The van der Waals surface area contributed by atoms with Gasteiger partial charge in [0.05, 0.1) is 19.7 Å². The number of ether oxygens (including phenoxy) is 2. The Hall–Kier alpha value is -2.75. The van der Waals surface area contributed by atoms with Gasteiger partial charge < -0.3 is 14.8 Å². The number of methoxy groups -OCH3 is 2. The van der Waals surface area contributed by atoms with E-state index in [2.05, 4.69) is 48.4 Å². The van der Waals surface area contributed by atoms with Gasteiger partial charge in [-0.2, -0.15) is 0 Å². The van der Waals surface area contributed by atoms with E-state index in [0.29, 0.717) is 5.75 Å². The molecule has 0 unspecified atom stereocenters. The van der Waals surface area contributed by atoms with Crippen molar-refractivity contribution in [2.24, 2.45) is 0 Å². The summed E-state index contributed by atoms with van der Waals surface area (Å²) in [4.78, 5) is 4.29. The Morgan fingerprint density at radius 1 is 0.875 bits per heavy atom. The molecule has 0 aliphatic carbocycles. The lowest BCUT2D eigenvalue weighted by atomic mass is 10.1. The molecule has 0 radical (unpaired) electrons. The summed E-state index contributed by atoms with van der Waals surface area (Å²) in [6.07, 6.45) is 1.80. The van der Waals surface area contributed by atoms with Crippen LogP contribution in [0.4, 0.5) is 5.69 Å². The Labute approximate surface area is 143 Å². The second-order valence-corrected chi connectivity index (χ2v) is 5.47. The first kappa shape index (κ1) is 17.6. The number of benzene rings is 2. The van der Waals surface area contributed by atoms with Gasteiger partial charge in [-0.05, 0) is 43.7 Å². The molecule has 0 atom stereocenters. The summed E-state index contributed by atoms with van der Waals surface area (Å²) >= 11 is 0. The highest BCUT2D eigenvalue weighted by Crippen LogP contribution is 2.32. The monoisotopic (exact) mass is 324 g/mol. The molecular formula is C20H24N2O2. The molecule has 0 amide bonds. The number of anilines is 1. The molecule has 0 aliphatic heterocycles. The van der Waals surface area contributed by atoms with Gasteiger partial charge in [0.2, 0.25) is 0 Å². The van der Waals surface area contributed by atoms with Crippen LogP contribution in [0.25, 0.3) is 10.9 Å². The number of nitrogens with one attached hydrogen (secondary N) is 1. The Balaban J connectivity index is 0.000000198. The predicted octanol–water partition coefficient (Wildman–Crippen LogP) is 4.60. The minimum atomic E-state index is 0.711. The molecule has 3 rings (SSSR count). The van der Waals surface area contributed by atoms with Crippen LogP contribution < -0.4 is 14.8 Å². The zero-order valence-corrected chi connectivity index (χ0v) is 14.9. The van der Waals surface area contributed by atoms with Crippen molar-refractivity contribution in [3.05, 3.63) is 59.8 Å². The second kappa shape index (κ2) is 8.20. The van der Waals surface area contributed by atoms with Crippen LogP contribution in [-0.4, -0.2) is 26.3 Å². The molecule has 0 saturated carbocycles. The first-order chi connectivity index (χ1) is 11.6. The van der Waals surface area contributed by atoms with E-state index in [9.17, 15) is 0 Å². The van der Waals surface area contributed by atoms with Crippen molar-refractivity contribution in [1.29, 1.82) is 0 Å². The summed E-state index contributed by atoms with van der Waals surface area (Å²) < 4.78 is 10.5. The fraction of sp³-hybridized carbons (Fsp3) is 0.250. The number of fused-ring (bicyclic) bond motifs is 1. The molecule has 1 aromatic heterocycles. The standard InChI is InChI=1S/C12H13NO2.C8H11N/c1-8-4-5-13-10-7-12(15-3)11(14-2)6-9(8)10;1-7-3-5-8(9-2)6-4-7/h4-7H,1-3H3;3-6,9H,1-2H3. The van der Waals surface area contributed by atoms with Crippen LogP contribution >= 0.6 is 0 Å². The number of hydrogen-bond acceptors (Lipinski definition) is 4. The highest BCUT2D eigenvalue weighted by atomic mass is 16.5. The van der Waals surface area contributed by atoms with Gasteiger partial charge in [0.15, 0.2) is 11.5 Å². The lowest BCUT2D eigenvalue weighted by Crippen LogP contribution is -1.92. The zero-order valence-electron chi connectivity index (χ0n) is 14.9. The number of rotatable bonds is 3. The van der Waals surface area contributed by atoms with Crippen molar-refractivity contribution in [2.45, 2.75) is 13.8 Å². The van der Waals surface area contributed by atoms with Gasteiger partial charge in [-0.25, -0.2) is 0 Å².